The third-order valence-electron chi connectivity index (χ3n) is 9.61. The molecule has 46 heavy (non-hydrogen) atoms. The molecule has 0 unspecified atom stereocenters. The third-order valence-corrected chi connectivity index (χ3v) is 10.3. The Morgan fingerprint density at radius 2 is 0.652 bits per heavy atom. The van der Waals surface area contributed by atoms with Gasteiger partial charge >= 0.3 is 0 Å². The lowest BCUT2D eigenvalue weighted by Crippen LogP contribution is -2.14. The van der Waals surface area contributed by atoms with Gasteiger partial charge in [-0.05, 0) is 25.3 Å². The summed E-state index contributed by atoms with van der Waals surface area (Å²) in [5, 5.41) is 7.86. The molecule has 0 rings (SSSR count). The Balaban J connectivity index is 0. The largest absolute Gasteiger partial charge is 0.395 e. The van der Waals surface area contributed by atoms with Crippen LogP contribution in [0.3, 0.4) is 0 Å². The summed E-state index contributed by atoms with van der Waals surface area (Å²) in [7, 11) is -3.92. The van der Waals surface area contributed by atoms with Gasteiger partial charge in [-0.2, -0.15) is 8.42 Å². The second kappa shape index (κ2) is 41.0. The third kappa shape index (κ3) is 46.0. The van der Waals surface area contributed by atoms with E-state index < -0.39 is 22.5 Å². The van der Waals surface area contributed by atoms with Crippen LogP contribution < -0.4 is 5.73 Å². The molecule has 0 aromatic heterocycles. The van der Waals surface area contributed by atoms with Gasteiger partial charge in [0.1, 0.15) is 0 Å². The van der Waals surface area contributed by atoms with Crippen molar-refractivity contribution in [2.45, 2.75) is 232 Å². The molecule has 0 saturated heterocycles. The van der Waals surface area contributed by atoms with Gasteiger partial charge in [-0.3, -0.25) is 4.55 Å². The number of rotatable bonds is 37. The zero-order chi connectivity index (χ0) is 34.2. The molecule has 6 heteroatoms. The maximum atomic E-state index is 9.63. The SMILES string of the molecule is CCCCCCCCCCCCCCCCCCC(CN)CCCCCCCCCCCCCCCCCC.O=S(=O)(O)CCO. The van der Waals surface area contributed by atoms with E-state index in [1.807, 2.05) is 0 Å². The van der Waals surface area contributed by atoms with E-state index in [0.717, 1.165) is 12.5 Å². The van der Waals surface area contributed by atoms with Gasteiger partial charge in [0.15, 0.2) is 0 Å². The van der Waals surface area contributed by atoms with Gasteiger partial charge in [0, 0.05) is 0 Å². The van der Waals surface area contributed by atoms with E-state index in [9.17, 15) is 8.42 Å². The molecule has 0 aromatic carbocycles. The van der Waals surface area contributed by atoms with Crippen LogP contribution in [0.4, 0.5) is 0 Å². The number of aliphatic hydroxyl groups is 1. The summed E-state index contributed by atoms with van der Waals surface area (Å²) in [4.78, 5) is 0. The molecule has 5 nitrogen and oxygen atoms in total. The maximum Gasteiger partial charge on any atom is 0.267 e. The van der Waals surface area contributed by atoms with Gasteiger partial charge in [0.2, 0.25) is 0 Å². The van der Waals surface area contributed by atoms with Gasteiger partial charge in [-0.1, -0.05) is 219 Å². The molecule has 0 heterocycles. The van der Waals surface area contributed by atoms with Crippen molar-refractivity contribution in [3.63, 3.8) is 0 Å². The summed E-state index contributed by atoms with van der Waals surface area (Å²) >= 11 is 0. The summed E-state index contributed by atoms with van der Waals surface area (Å²) in [6, 6.07) is 0. The van der Waals surface area contributed by atoms with Crippen molar-refractivity contribution in [1.29, 1.82) is 0 Å². The standard InChI is InChI=1S/C38H79N.C2H6O4S/c1-3-5-7-9-11-13-15-17-19-21-23-25-27-29-31-33-35-38(37-39)36-34-32-30-28-26-24-22-20-18-16-14-12-10-8-6-4-2;3-1-2-7(4,5)6/h38H,3-37,39H2,1-2H3;3H,1-2H2,(H,4,5,6). The average Bonchev–Trinajstić information content (AvgIpc) is 3.03. The Morgan fingerprint density at radius 3 is 0.804 bits per heavy atom. The molecule has 4 N–H and O–H groups in total. The molecule has 0 amide bonds. The van der Waals surface area contributed by atoms with E-state index in [-0.39, 0.29) is 0 Å². The number of aliphatic hydroxyl groups excluding tert-OH is 1. The molecule has 0 saturated carbocycles. The summed E-state index contributed by atoms with van der Waals surface area (Å²) in [5.74, 6) is 0.218. The van der Waals surface area contributed by atoms with Crippen LogP contribution in [0.15, 0.2) is 0 Å². The lowest BCUT2D eigenvalue weighted by Gasteiger charge is -2.14. The molecule has 0 radical (unpaired) electrons. The zero-order valence-corrected chi connectivity index (χ0v) is 32.3. The van der Waals surface area contributed by atoms with E-state index in [1.54, 1.807) is 0 Å². The molecule has 0 aliphatic carbocycles. The van der Waals surface area contributed by atoms with Crippen LogP contribution in [-0.4, -0.2) is 37.0 Å². The molecule has 0 spiro atoms. The van der Waals surface area contributed by atoms with Crippen molar-refractivity contribution in [2.24, 2.45) is 11.7 Å². The summed E-state index contributed by atoms with van der Waals surface area (Å²) < 4.78 is 27.1. The van der Waals surface area contributed by atoms with E-state index >= 15 is 0 Å². The molecule has 0 aromatic rings. The van der Waals surface area contributed by atoms with Crippen LogP contribution in [0.25, 0.3) is 0 Å². The van der Waals surface area contributed by atoms with Crippen LogP contribution in [0.5, 0.6) is 0 Å². The average molecular weight is 676 g/mol. The highest BCUT2D eigenvalue weighted by molar-refractivity contribution is 7.85. The second-order valence-electron chi connectivity index (χ2n) is 14.3. The smallest absolute Gasteiger partial charge is 0.267 e. The minimum Gasteiger partial charge on any atom is -0.395 e. The van der Waals surface area contributed by atoms with Crippen molar-refractivity contribution >= 4 is 10.1 Å². The van der Waals surface area contributed by atoms with Crippen LogP contribution in [0, 0.1) is 5.92 Å². The van der Waals surface area contributed by atoms with Crippen LogP contribution >= 0.6 is 0 Å². The monoisotopic (exact) mass is 676 g/mol. The fraction of sp³-hybridized carbons (Fsp3) is 1.00. The highest BCUT2D eigenvalue weighted by atomic mass is 32.2. The van der Waals surface area contributed by atoms with Crippen LogP contribution in [0.2, 0.25) is 0 Å². The van der Waals surface area contributed by atoms with Gasteiger partial charge in [-0.15, -0.1) is 0 Å². The summed E-state index contributed by atoms with van der Waals surface area (Å²) in [5.41, 5.74) is 6.11. The zero-order valence-electron chi connectivity index (χ0n) is 31.4. The molecule has 0 fully saturated rings. The highest BCUT2D eigenvalue weighted by Gasteiger charge is 2.06. The van der Waals surface area contributed by atoms with Gasteiger partial charge in [0.25, 0.3) is 10.1 Å². The van der Waals surface area contributed by atoms with Crippen LogP contribution in [0.1, 0.15) is 232 Å². The Morgan fingerprint density at radius 1 is 0.435 bits per heavy atom. The first-order chi connectivity index (χ1) is 22.4. The Bertz CT molecular complexity index is 607. The van der Waals surface area contributed by atoms with E-state index in [4.69, 9.17) is 15.4 Å². The molecule has 280 valence electrons. The number of unbranched alkanes of at least 4 members (excludes halogenated alkanes) is 30. The highest BCUT2D eigenvalue weighted by Crippen LogP contribution is 2.20. The minimum atomic E-state index is -3.92. The predicted octanol–water partition coefficient (Wildman–Crippen LogP) is 12.7. The van der Waals surface area contributed by atoms with E-state index in [2.05, 4.69) is 13.8 Å². The molecule has 0 aliphatic heterocycles. The molecule has 0 aliphatic rings. The van der Waals surface area contributed by atoms with Crippen molar-refractivity contribution in [1.82, 2.24) is 0 Å². The number of hydrogen-bond donors (Lipinski definition) is 3. The molecule has 0 atom stereocenters. The predicted molar refractivity (Wildman–Crippen MR) is 204 cm³/mol. The topological polar surface area (TPSA) is 101 Å². The lowest BCUT2D eigenvalue weighted by molar-refractivity contribution is 0.315. The van der Waals surface area contributed by atoms with Crippen LogP contribution in [-0.2, 0) is 10.1 Å². The number of hydrogen-bond acceptors (Lipinski definition) is 4. The Hall–Kier alpha value is -0.170. The molecular formula is C40H85NO4S. The quantitative estimate of drug-likeness (QED) is 0.0449. The molecular weight excluding hydrogens is 591 g/mol. The normalized spacial score (nSPS) is 11.7. The minimum absolute atomic E-state index is 0.529. The second-order valence-corrected chi connectivity index (χ2v) is 15.9. The van der Waals surface area contributed by atoms with Gasteiger partial charge < -0.3 is 10.8 Å². The fourth-order valence-electron chi connectivity index (χ4n) is 6.46. The van der Waals surface area contributed by atoms with E-state index in [1.165, 1.54) is 218 Å². The van der Waals surface area contributed by atoms with Gasteiger partial charge in [-0.25, -0.2) is 0 Å². The maximum absolute atomic E-state index is 9.63. The first-order valence-electron chi connectivity index (χ1n) is 20.7. The van der Waals surface area contributed by atoms with Crippen molar-refractivity contribution in [2.75, 3.05) is 18.9 Å². The van der Waals surface area contributed by atoms with E-state index in [0.29, 0.717) is 0 Å². The Kier molecular flexibility index (Phi) is 42.7. The number of nitrogens with two attached hydrogens (primary N) is 1. The van der Waals surface area contributed by atoms with Crippen molar-refractivity contribution in [3.05, 3.63) is 0 Å². The summed E-state index contributed by atoms with van der Waals surface area (Å²) in [6.07, 6.45) is 49.4. The van der Waals surface area contributed by atoms with Gasteiger partial charge in [0.05, 0.1) is 12.4 Å². The van der Waals surface area contributed by atoms with Crippen molar-refractivity contribution < 1.29 is 18.1 Å². The molecule has 0 bridgehead atoms. The first kappa shape index (κ1) is 47.9. The van der Waals surface area contributed by atoms with Crippen molar-refractivity contribution in [3.8, 4) is 0 Å². The first-order valence-corrected chi connectivity index (χ1v) is 22.3. The lowest BCUT2D eigenvalue weighted by atomic mass is 9.94. The fourth-order valence-corrected chi connectivity index (χ4v) is 6.69. The summed E-state index contributed by atoms with van der Waals surface area (Å²) in [6.45, 7) is 5.00. The Labute approximate surface area is 290 Å².